The Hall–Kier alpha value is -2.27. The van der Waals surface area contributed by atoms with Crippen LogP contribution in [-0.2, 0) is 15.6 Å². The van der Waals surface area contributed by atoms with Crippen LogP contribution in [0.5, 0.6) is 0 Å². The molecule has 0 heterocycles. The standard InChI is InChI=1S/C16H14FNO2S/c1-21(20)15-8-6-14(7-9-15)18-16(19)10-5-12-3-2-4-13(17)11-12/h2-11H,1H3,(H,18,19)/b10-5+/t21-/m1/s1. The molecular weight excluding hydrogens is 289 g/mol. The van der Waals surface area contributed by atoms with Crippen molar-refractivity contribution in [1.82, 2.24) is 0 Å². The fraction of sp³-hybridized carbons (Fsp3) is 0.0625. The normalized spacial score (nSPS) is 12.3. The molecule has 1 atom stereocenters. The van der Waals surface area contributed by atoms with Gasteiger partial charge in [0.15, 0.2) is 0 Å². The van der Waals surface area contributed by atoms with Gasteiger partial charge in [-0.25, -0.2) is 4.39 Å². The van der Waals surface area contributed by atoms with Crippen LogP contribution < -0.4 is 5.32 Å². The fourth-order valence-electron chi connectivity index (χ4n) is 1.70. The lowest BCUT2D eigenvalue weighted by molar-refractivity contribution is -0.111. The molecule has 21 heavy (non-hydrogen) atoms. The zero-order valence-corrected chi connectivity index (χ0v) is 12.2. The lowest BCUT2D eigenvalue weighted by atomic mass is 10.2. The van der Waals surface area contributed by atoms with Crippen molar-refractivity contribution in [2.75, 3.05) is 11.6 Å². The van der Waals surface area contributed by atoms with E-state index in [9.17, 15) is 13.4 Å². The highest BCUT2D eigenvalue weighted by atomic mass is 32.2. The quantitative estimate of drug-likeness (QED) is 0.882. The zero-order chi connectivity index (χ0) is 15.2. The molecule has 0 radical (unpaired) electrons. The van der Waals surface area contributed by atoms with E-state index in [2.05, 4.69) is 5.32 Å². The molecule has 3 nitrogen and oxygen atoms in total. The summed E-state index contributed by atoms with van der Waals surface area (Å²) in [5.41, 5.74) is 1.22. The van der Waals surface area contributed by atoms with Gasteiger partial charge in [0.25, 0.3) is 0 Å². The van der Waals surface area contributed by atoms with E-state index in [-0.39, 0.29) is 11.7 Å². The van der Waals surface area contributed by atoms with Crippen molar-refractivity contribution in [3.05, 3.63) is 66.0 Å². The smallest absolute Gasteiger partial charge is 0.248 e. The lowest BCUT2D eigenvalue weighted by Crippen LogP contribution is -2.07. The summed E-state index contributed by atoms with van der Waals surface area (Å²) >= 11 is 0. The molecule has 108 valence electrons. The van der Waals surface area contributed by atoms with E-state index in [1.807, 2.05) is 0 Å². The molecule has 0 aromatic heterocycles. The first-order chi connectivity index (χ1) is 10.0. The third-order valence-electron chi connectivity index (χ3n) is 2.73. The van der Waals surface area contributed by atoms with Gasteiger partial charge in [0, 0.05) is 33.7 Å². The molecule has 0 aliphatic heterocycles. The Labute approximate surface area is 125 Å². The van der Waals surface area contributed by atoms with Crippen LogP contribution in [0.3, 0.4) is 0 Å². The molecule has 0 spiro atoms. The molecule has 1 N–H and O–H groups in total. The van der Waals surface area contributed by atoms with Crippen LogP contribution >= 0.6 is 0 Å². The predicted octanol–water partition coefficient (Wildman–Crippen LogP) is 3.22. The van der Waals surface area contributed by atoms with Gasteiger partial charge in [-0.2, -0.15) is 0 Å². The second-order valence-electron chi connectivity index (χ2n) is 4.36. The number of carbonyl (C=O) groups is 1. The molecule has 2 aromatic rings. The van der Waals surface area contributed by atoms with Gasteiger partial charge in [-0.1, -0.05) is 12.1 Å². The van der Waals surface area contributed by atoms with Crippen molar-refractivity contribution in [2.45, 2.75) is 4.90 Å². The molecule has 0 aliphatic carbocycles. The SMILES string of the molecule is C[S@@](=O)c1ccc(NC(=O)/C=C/c2cccc(F)c2)cc1. The molecule has 0 saturated carbocycles. The van der Waals surface area contributed by atoms with E-state index < -0.39 is 10.8 Å². The Balaban J connectivity index is 1.99. The predicted molar refractivity (Wildman–Crippen MR) is 82.8 cm³/mol. The second-order valence-corrected chi connectivity index (χ2v) is 5.74. The molecular formula is C16H14FNO2S. The first-order valence-electron chi connectivity index (χ1n) is 6.23. The Bertz CT molecular complexity index is 696. The fourth-order valence-corrected chi connectivity index (χ4v) is 2.22. The highest BCUT2D eigenvalue weighted by Gasteiger charge is 2.00. The second kappa shape index (κ2) is 6.95. The highest BCUT2D eigenvalue weighted by Crippen LogP contribution is 2.12. The van der Waals surface area contributed by atoms with E-state index in [0.29, 0.717) is 16.1 Å². The number of hydrogen-bond donors (Lipinski definition) is 1. The molecule has 2 aromatic carbocycles. The van der Waals surface area contributed by atoms with E-state index in [0.717, 1.165) is 0 Å². The van der Waals surface area contributed by atoms with Crippen LogP contribution in [-0.4, -0.2) is 16.4 Å². The number of rotatable bonds is 4. The summed E-state index contributed by atoms with van der Waals surface area (Å²) in [4.78, 5) is 12.4. The largest absolute Gasteiger partial charge is 0.323 e. The van der Waals surface area contributed by atoms with Crippen LogP contribution in [0.4, 0.5) is 10.1 Å². The van der Waals surface area contributed by atoms with Crippen LogP contribution in [0.15, 0.2) is 59.5 Å². The number of halogens is 1. The molecule has 0 bridgehead atoms. The van der Waals surface area contributed by atoms with Gasteiger partial charge in [-0.05, 0) is 48.0 Å². The Morgan fingerprint density at radius 3 is 2.52 bits per heavy atom. The van der Waals surface area contributed by atoms with Crippen LogP contribution in [0.1, 0.15) is 5.56 Å². The van der Waals surface area contributed by atoms with Crippen molar-refractivity contribution in [2.24, 2.45) is 0 Å². The van der Waals surface area contributed by atoms with Crippen molar-refractivity contribution in [3.63, 3.8) is 0 Å². The van der Waals surface area contributed by atoms with Gasteiger partial charge in [0.05, 0.1) is 0 Å². The summed E-state index contributed by atoms with van der Waals surface area (Å²) in [6.07, 6.45) is 4.46. The highest BCUT2D eigenvalue weighted by molar-refractivity contribution is 7.84. The molecule has 0 saturated heterocycles. The van der Waals surface area contributed by atoms with Crippen molar-refractivity contribution in [1.29, 1.82) is 0 Å². The maximum atomic E-state index is 13.0. The summed E-state index contributed by atoms with van der Waals surface area (Å²) in [6, 6.07) is 12.7. The number of nitrogens with one attached hydrogen (secondary N) is 1. The molecule has 1 amide bonds. The number of benzene rings is 2. The minimum absolute atomic E-state index is 0.315. The summed E-state index contributed by atoms with van der Waals surface area (Å²) in [5.74, 6) is -0.662. The van der Waals surface area contributed by atoms with E-state index >= 15 is 0 Å². The van der Waals surface area contributed by atoms with E-state index in [1.54, 1.807) is 42.7 Å². The third-order valence-corrected chi connectivity index (χ3v) is 3.67. The zero-order valence-electron chi connectivity index (χ0n) is 11.4. The number of anilines is 1. The summed E-state index contributed by atoms with van der Waals surface area (Å²) < 4.78 is 24.2. The number of hydrogen-bond acceptors (Lipinski definition) is 2. The molecule has 0 unspecified atom stereocenters. The Morgan fingerprint density at radius 1 is 1.19 bits per heavy atom. The first-order valence-corrected chi connectivity index (χ1v) is 7.78. The van der Waals surface area contributed by atoms with Crippen LogP contribution in [0, 0.1) is 5.82 Å². The van der Waals surface area contributed by atoms with Crippen molar-refractivity contribution in [3.8, 4) is 0 Å². The molecule has 2 rings (SSSR count). The maximum absolute atomic E-state index is 13.0. The Morgan fingerprint density at radius 2 is 1.90 bits per heavy atom. The van der Waals surface area contributed by atoms with Gasteiger partial charge in [-0.15, -0.1) is 0 Å². The monoisotopic (exact) mass is 303 g/mol. The van der Waals surface area contributed by atoms with Gasteiger partial charge in [-0.3, -0.25) is 9.00 Å². The first kappa shape index (κ1) is 15.1. The summed E-state index contributed by atoms with van der Waals surface area (Å²) in [5, 5.41) is 2.67. The minimum atomic E-state index is -1.04. The summed E-state index contributed by atoms with van der Waals surface area (Å²) in [7, 11) is -1.04. The number of carbonyl (C=O) groups excluding carboxylic acids is 1. The van der Waals surface area contributed by atoms with Gasteiger partial charge >= 0.3 is 0 Å². The van der Waals surface area contributed by atoms with E-state index in [1.165, 1.54) is 24.3 Å². The number of amides is 1. The summed E-state index contributed by atoms with van der Waals surface area (Å²) in [6.45, 7) is 0. The molecule has 5 heteroatoms. The topological polar surface area (TPSA) is 46.2 Å². The van der Waals surface area contributed by atoms with Crippen molar-refractivity contribution < 1.29 is 13.4 Å². The van der Waals surface area contributed by atoms with Crippen LogP contribution in [0.25, 0.3) is 6.08 Å². The third kappa shape index (κ3) is 4.65. The minimum Gasteiger partial charge on any atom is -0.323 e. The lowest BCUT2D eigenvalue weighted by Gasteiger charge is -2.03. The van der Waals surface area contributed by atoms with E-state index in [4.69, 9.17) is 0 Å². The Kier molecular flexibility index (Phi) is 5.00. The van der Waals surface area contributed by atoms with Gasteiger partial charge in [0.1, 0.15) is 5.82 Å². The van der Waals surface area contributed by atoms with Gasteiger partial charge in [0.2, 0.25) is 5.91 Å². The van der Waals surface area contributed by atoms with Crippen LogP contribution in [0.2, 0.25) is 0 Å². The average Bonchev–Trinajstić information content (AvgIpc) is 2.46. The molecule has 0 aliphatic rings. The van der Waals surface area contributed by atoms with Crippen molar-refractivity contribution >= 4 is 28.5 Å². The van der Waals surface area contributed by atoms with Gasteiger partial charge < -0.3 is 5.32 Å². The molecule has 0 fully saturated rings. The average molecular weight is 303 g/mol. The maximum Gasteiger partial charge on any atom is 0.248 e.